The molecule has 0 unspecified atom stereocenters. The predicted molar refractivity (Wildman–Crippen MR) is 71.3 cm³/mol. The van der Waals surface area contributed by atoms with Crippen molar-refractivity contribution in [3.8, 4) is 5.75 Å². The molecule has 0 amide bonds. The second kappa shape index (κ2) is 4.34. The van der Waals surface area contributed by atoms with E-state index in [1.54, 1.807) is 0 Å². The van der Waals surface area contributed by atoms with Crippen LogP contribution in [0.3, 0.4) is 0 Å². The molecule has 0 radical (unpaired) electrons. The van der Waals surface area contributed by atoms with Gasteiger partial charge in [0.2, 0.25) is 0 Å². The molecule has 0 atom stereocenters. The number of rotatable bonds is 2. The van der Waals surface area contributed by atoms with Gasteiger partial charge < -0.3 is 10.8 Å². The van der Waals surface area contributed by atoms with Crippen LogP contribution in [0.25, 0.3) is 0 Å². The summed E-state index contributed by atoms with van der Waals surface area (Å²) in [6.07, 6.45) is 4.32. The minimum atomic E-state index is -0.310. The fourth-order valence-corrected chi connectivity index (χ4v) is 2.97. The molecule has 1 fully saturated rings. The van der Waals surface area contributed by atoms with Crippen LogP contribution >= 0.6 is 0 Å². The third kappa shape index (κ3) is 2.06. The van der Waals surface area contributed by atoms with Gasteiger partial charge in [-0.2, -0.15) is 0 Å². The first-order valence-electron chi connectivity index (χ1n) is 6.57. The summed E-state index contributed by atoms with van der Waals surface area (Å²) in [5.41, 5.74) is 9.36. The van der Waals surface area contributed by atoms with Gasteiger partial charge in [0.1, 0.15) is 5.75 Å². The first kappa shape index (κ1) is 12.4. The Hall–Kier alpha value is -1.02. The van der Waals surface area contributed by atoms with Crippen LogP contribution in [0, 0.1) is 6.92 Å². The van der Waals surface area contributed by atoms with Gasteiger partial charge in [-0.3, -0.25) is 0 Å². The number of aromatic hydroxyl groups is 1. The summed E-state index contributed by atoms with van der Waals surface area (Å²) in [7, 11) is 0. The van der Waals surface area contributed by atoms with Gasteiger partial charge in [0.15, 0.2) is 0 Å². The van der Waals surface area contributed by atoms with Crippen molar-refractivity contribution in [1.29, 1.82) is 0 Å². The highest BCUT2D eigenvalue weighted by Gasteiger charge is 2.36. The Kier molecular flexibility index (Phi) is 3.17. The lowest BCUT2D eigenvalue weighted by Crippen LogP contribution is -2.34. The molecule has 94 valence electrons. The summed E-state index contributed by atoms with van der Waals surface area (Å²) >= 11 is 0. The molecule has 2 rings (SSSR count). The van der Waals surface area contributed by atoms with E-state index in [2.05, 4.69) is 19.9 Å². The molecule has 1 saturated carbocycles. The number of nitrogens with two attached hydrogens (primary N) is 1. The lowest BCUT2D eigenvalue weighted by atomic mass is 9.81. The molecular formula is C15H23NO. The minimum Gasteiger partial charge on any atom is -0.507 e. The lowest BCUT2D eigenvalue weighted by molar-refractivity contribution is 0.402. The van der Waals surface area contributed by atoms with Crippen LogP contribution < -0.4 is 5.73 Å². The second-order valence-corrected chi connectivity index (χ2v) is 5.71. The standard InChI is InChI=1S/C15H23NO/c1-10(2)12-7-6-11(3)14(17)13(12)15(16)8-4-5-9-15/h6-7,10,17H,4-5,8-9,16H2,1-3H3. The van der Waals surface area contributed by atoms with Crippen LogP contribution in [0.4, 0.5) is 0 Å². The van der Waals surface area contributed by atoms with E-state index in [1.807, 2.05) is 13.0 Å². The summed E-state index contributed by atoms with van der Waals surface area (Å²) in [4.78, 5) is 0. The smallest absolute Gasteiger partial charge is 0.123 e. The number of phenols is 1. The normalized spacial score (nSPS) is 18.9. The Morgan fingerprint density at radius 3 is 2.35 bits per heavy atom. The van der Waals surface area contributed by atoms with Crippen LogP contribution in [-0.2, 0) is 5.54 Å². The van der Waals surface area contributed by atoms with Gasteiger partial charge >= 0.3 is 0 Å². The summed E-state index contributed by atoms with van der Waals surface area (Å²) < 4.78 is 0. The molecule has 2 nitrogen and oxygen atoms in total. The third-order valence-electron chi connectivity index (χ3n) is 4.03. The Balaban J connectivity index is 2.60. The first-order chi connectivity index (χ1) is 7.96. The van der Waals surface area contributed by atoms with E-state index in [0.29, 0.717) is 11.7 Å². The molecule has 0 bridgehead atoms. The largest absolute Gasteiger partial charge is 0.507 e. The fourth-order valence-electron chi connectivity index (χ4n) is 2.97. The van der Waals surface area contributed by atoms with Crippen molar-refractivity contribution in [3.63, 3.8) is 0 Å². The van der Waals surface area contributed by atoms with Gasteiger partial charge in [-0.25, -0.2) is 0 Å². The van der Waals surface area contributed by atoms with Crippen molar-refractivity contribution in [1.82, 2.24) is 0 Å². The van der Waals surface area contributed by atoms with Crippen molar-refractivity contribution in [2.75, 3.05) is 0 Å². The number of hydrogen-bond donors (Lipinski definition) is 2. The first-order valence-corrected chi connectivity index (χ1v) is 6.57. The molecule has 1 aromatic carbocycles. The maximum atomic E-state index is 10.4. The highest BCUT2D eigenvalue weighted by atomic mass is 16.3. The van der Waals surface area contributed by atoms with Crippen molar-refractivity contribution >= 4 is 0 Å². The second-order valence-electron chi connectivity index (χ2n) is 5.71. The van der Waals surface area contributed by atoms with Crippen molar-refractivity contribution < 1.29 is 5.11 Å². The average Bonchev–Trinajstić information content (AvgIpc) is 2.69. The van der Waals surface area contributed by atoms with Gasteiger partial charge in [0, 0.05) is 11.1 Å². The molecule has 17 heavy (non-hydrogen) atoms. The van der Waals surface area contributed by atoms with Crippen LogP contribution in [0.1, 0.15) is 62.1 Å². The molecule has 1 aliphatic rings. The molecule has 1 aromatic rings. The van der Waals surface area contributed by atoms with E-state index in [4.69, 9.17) is 5.73 Å². The average molecular weight is 233 g/mol. The van der Waals surface area contributed by atoms with Crippen LogP contribution in [0.2, 0.25) is 0 Å². The topological polar surface area (TPSA) is 46.2 Å². The molecule has 0 spiro atoms. The zero-order valence-electron chi connectivity index (χ0n) is 11.1. The minimum absolute atomic E-state index is 0.310. The number of phenolic OH excluding ortho intramolecular Hbond substituents is 1. The summed E-state index contributed by atoms with van der Waals surface area (Å²) in [6.45, 7) is 6.26. The molecule has 1 aliphatic carbocycles. The SMILES string of the molecule is Cc1ccc(C(C)C)c(C2(N)CCCC2)c1O. The fraction of sp³-hybridized carbons (Fsp3) is 0.600. The molecule has 3 N–H and O–H groups in total. The monoisotopic (exact) mass is 233 g/mol. The van der Waals surface area contributed by atoms with Gasteiger partial charge in [-0.1, -0.05) is 38.8 Å². The highest BCUT2D eigenvalue weighted by Crippen LogP contribution is 2.44. The van der Waals surface area contributed by atoms with E-state index in [1.165, 1.54) is 18.4 Å². The van der Waals surface area contributed by atoms with E-state index in [0.717, 1.165) is 24.0 Å². The molecule has 2 heteroatoms. The molecule has 0 aromatic heterocycles. The summed E-state index contributed by atoms with van der Waals surface area (Å²) in [5, 5.41) is 10.4. The van der Waals surface area contributed by atoms with Crippen molar-refractivity contribution in [3.05, 3.63) is 28.8 Å². The Morgan fingerprint density at radius 1 is 1.24 bits per heavy atom. The molecule has 0 saturated heterocycles. The zero-order valence-corrected chi connectivity index (χ0v) is 11.1. The van der Waals surface area contributed by atoms with E-state index in [9.17, 15) is 5.11 Å². The van der Waals surface area contributed by atoms with E-state index >= 15 is 0 Å². The summed E-state index contributed by atoms with van der Waals surface area (Å²) in [5.74, 6) is 0.818. The maximum absolute atomic E-state index is 10.4. The van der Waals surface area contributed by atoms with Gasteiger partial charge in [-0.15, -0.1) is 0 Å². The Morgan fingerprint density at radius 2 is 1.82 bits per heavy atom. The van der Waals surface area contributed by atoms with Crippen molar-refractivity contribution in [2.24, 2.45) is 5.73 Å². The Labute approximate surface area is 104 Å². The van der Waals surface area contributed by atoms with Gasteiger partial charge in [0.25, 0.3) is 0 Å². The van der Waals surface area contributed by atoms with E-state index in [-0.39, 0.29) is 5.54 Å². The van der Waals surface area contributed by atoms with Gasteiger partial charge in [0.05, 0.1) is 0 Å². The number of hydrogen-bond acceptors (Lipinski definition) is 2. The van der Waals surface area contributed by atoms with Crippen LogP contribution in [0.5, 0.6) is 5.75 Å². The Bertz CT molecular complexity index is 417. The highest BCUT2D eigenvalue weighted by molar-refractivity contribution is 5.50. The number of benzene rings is 1. The van der Waals surface area contributed by atoms with Crippen molar-refractivity contribution in [2.45, 2.75) is 57.9 Å². The van der Waals surface area contributed by atoms with Crippen LogP contribution in [0.15, 0.2) is 12.1 Å². The lowest BCUT2D eigenvalue weighted by Gasteiger charge is -2.30. The zero-order chi connectivity index (χ0) is 12.6. The van der Waals surface area contributed by atoms with Gasteiger partial charge in [-0.05, 0) is 36.8 Å². The quantitative estimate of drug-likeness (QED) is 0.820. The molecular weight excluding hydrogens is 210 g/mol. The maximum Gasteiger partial charge on any atom is 0.123 e. The number of aryl methyl sites for hydroxylation is 1. The van der Waals surface area contributed by atoms with E-state index < -0.39 is 0 Å². The molecule has 0 aliphatic heterocycles. The predicted octanol–water partition coefficient (Wildman–Crippen LogP) is 3.55. The molecule has 0 heterocycles. The van der Waals surface area contributed by atoms with Crippen LogP contribution in [-0.4, -0.2) is 5.11 Å². The third-order valence-corrected chi connectivity index (χ3v) is 4.03. The summed E-state index contributed by atoms with van der Waals surface area (Å²) in [6, 6.07) is 4.12.